The van der Waals surface area contributed by atoms with Gasteiger partial charge in [-0.15, -0.1) is 10.2 Å². The topological polar surface area (TPSA) is 621 Å². The number of hydrogen-bond acceptors (Lipinski definition) is 25. The summed E-state index contributed by atoms with van der Waals surface area (Å²) in [5.41, 5.74) is 1.16. The van der Waals surface area contributed by atoms with Crippen molar-refractivity contribution in [2.45, 2.75) is 364 Å². The number of nitrogens with one attached hydrogen (secondary N) is 19. The molecule has 0 saturated heterocycles. The first-order valence-electron chi connectivity index (χ1n) is 52.4. The van der Waals surface area contributed by atoms with Crippen molar-refractivity contribution in [3.05, 3.63) is 89.5 Å². The highest BCUT2D eigenvalue weighted by atomic mass is 32.2. The molecule has 0 unspecified atom stereocenters. The van der Waals surface area contributed by atoms with Crippen molar-refractivity contribution in [2.24, 2.45) is 58.4 Å². The van der Waals surface area contributed by atoms with E-state index in [1.54, 1.807) is 52.0 Å². The Kier molecular flexibility index (Phi) is 60.5. The van der Waals surface area contributed by atoms with Gasteiger partial charge in [-0.05, 0) is 187 Å². The molecule has 21 N–H and O–H groups in total. The van der Waals surface area contributed by atoms with Crippen LogP contribution in [0.3, 0.4) is 0 Å². The number of sulfonamides is 1. The Morgan fingerprint density at radius 1 is 0.331 bits per heavy atom. The molecule has 0 aliphatic carbocycles. The minimum absolute atomic E-state index is 0.0102. The van der Waals surface area contributed by atoms with Gasteiger partial charge in [0.15, 0.2) is 9.84 Å². The van der Waals surface area contributed by atoms with Gasteiger partial charge in [0.1, 0.15) is 54.4 Å². The molecule has 15 amide bonds. The van der Waals surface area contributed by atoms with Crippen molar-refractivity contribution in [2.75, 3.05) is 45.5 Å². The van der Waals surface area contributed by atoms with E-state index in [4.69, 9.17) is 5.14 Å². The van der Waals surface area contributed by atoms with Crippen LogP contribution in [0, 0.1) is 53.3 Å². The van der Waals surface area contributed by atoms with Gasteiger partial charge in [-0.3, -0.25) is 71.9 Å². The minimum atomic E-state index is -4.04. The standard InChI is InChI=1S/C35H58N10O5.C35H60N6O7S.C34H59N7O7S/c1-10-13-27(33(48)38-26(18-20(4)5)19-37-23(9)31(46)40-28(21(6)7)34(49)36-12-3)39-35(50)29(22(8)11-2)41-32(47)25-16-14-24(15-17-25)30-42-44-45-43-30;1-11-15-28(39-35(46)30(23(8)12-2)41-32(43)25-16-14-17-27(19-25)49(10,47)48)33(44)38-26(18-21(4)5)20-37-24(9)31(42)40-29(22(6)7)34(45)36-13-3;1-10-14-27(39-34(46)29(22(8)11-2)41-31(43)24-15-13-16-26(18-24)49(35,47)48)32(44)38-25(17-20(4)5)19-37-23(9)30(42)40-28(21(6)7)33(45)36-12-3/h14-17,20-23,26-29,37H,10-13,18-19H2,1-9H3,(H,36,49)(H,38,48)(H,39,50)(H,40,46)(H,41,47)(H,42,43,44,45);14,16-17,19,21-24,26,28-30,37H,11-13,15,18,20H2,1-10H3,(H,36,45)(H,38,44)(H,39,46)(H,40,42)(H,41,43);13,15-16,18,20-23,25,27-29,37H,10-12,14,17,19H2,1-9H3,(H,36,45)(H,38,44)(H,39,46)(H,40,42)(H,41,43)(H2,35,47,48)/t22-,23-,26-,27-,28-,29-;23-,24-,26-,28-,29-,30-;22-,23-,25-,27-,28-,29-/m000/s1. The third kappa shape index (κ3) is 47.6. The molecule has 834 valence electrons. The highest BCUT2D eigenvalue weighted by Gasteiger charge is 2.38. The predicted molar refractivity (Wildman–Crippen MR) is 573 cm³/mol. The van der Waals surface area contributed by atoms with Crippen LogP contribution in [0.1, 0.15) is 295 Å². The number of hydrogen-bond donors (Lipinski definition) is 20. The Morgan fingerprint density at radius 2 is 0.622 bits per heavy atom. The molecular weight excluding hydrogens is 1940 g/mol. The van der Waals surface area contributed by atoms with Gasteiger partial charge in [-0.2, -0.15) is 5.21 Å². The molecule has 18 atom stereocenters. The fraction of sp³-hybridized carbons (Fsp3) is 0.673. The zero-order valence-corrected chi connectivity index (χ0v) is 94.1. The van der Waals surface area contributed by atoms with E-state index >= 15 is 0 Å². The molecule has 4 rings (SSSR count). The summed E-state index contributed by atoms with van der Waals surface area (Å²) in [6.45, 7) is 52.9. The Balaban J connectivity index is 0.000000750. The molecule has 1 heterocycles. The van der Waals surface area contributed by atoms with Crippen LogP contribution in [0.25, 0.3) is 11.4 Å². The largest absolute Gasteiger partial charge is 0.355 e. The second-order valence-corrected chi connectivity index (χ2v) is 44.1. The fourth-order valence-electron chi connectivity index (χ4n) is 15.7. The van der Waals surface area contributed by atoms with Crippen LogP contribution in [0.5, 0.6) is 0 Å². The van der Waals surface area contributed by atoms with Crippen molar-refractivity contribution in [1.82, 2.24) is 116 Å². The Hall–Kier alpha value is -11.5. The number of nitrogens with two attached hydrogens (primary N) is 1. The molecule has 42 nitrogen and oxygen atoms in total. The quantitative estimate of drug-likeness (QED) is 0.0243. The molecule has 0 aliphatic heterocycles. The molecule has 148 heavy (non-hydrogen) atoms. The molecular formula is C104H177N23O19S2. The number of carbonyl (C=O) groups is 15. The summed E-state index contributed by atoms with van der Waals surface area (Å²) in [4.78, 5) is 197. The molecule has 0 fully saturated rings. The number of H-pyrrole nitrogens is 1. The number of nitrogens with zero attached hydrogens (tertiary/aromatic N) is 3. The van der Waals surface area contributed by atoms with Crippen LogP contribution < -0.4 is 101 Å². The third-order valence-electron chi connectivity index (χ3n) is 25.0. The number of aromatic amines is 1. The minimum Gasteiger partial charge on any atom is -0.355 e. The number of aromatic nitrogens is 4. The highest BCUT2D eigenvalue weighted by molar-refractivity contribution is 7.90. The Morgan fingerprint density at radius 3 is 0.872 bits per heavy atom. The van der Waals surface area contributed by atoms with Gasteiger partial charge in [-0.25, -0.2) is 22.0 Å². The number of benzene rings is 3. The Labute approximate surface area is 877 Å². The van der Waals surface area contributed by atoms with Crippen LogP contribution >= 0.6 is 0 Å². The number of carbonyl (C=O) groups excluding carboxylic acids is 15. The van der Waals surface area contributed by atoms with E-state index in [1.165, 1.54) is 42.5 Å². The van der Waals surface area contributed by atoms with Crippen molar-refractivity contribution < 1.29 is 88.8 Å². The van der Waals surface area contributed by atoms with Crippen LogP contribution in [0.15, 0.2) is 82.6 Å². The highest BCUT2D eigenvalue weighted by Crippen LogP contribution is 2.22. The van der Waals surface area contributed by atoms with Gasteiger partial charge >= 0.3 is 0 Å². The second kappa shape index (κ2) is 67.6. The van der Waals surface area contributed by atoms with Gasteiger partial charge in [-0.1, -0.05) is 208 Å². The molecule has 0 radical (unpaired) electrons. The lowest BCUT2D eigenvalue weighted by Crippen LogP contribution is -2.58. The zero-order chi connectivity index (χ0) is 112. The average Bonchev–Trinajstić information content (AvgIpc) is 1.13. The van der Waals surface area contributed by atoms with Gasteiger partial charge < -0.3 is 95.7 Å². The van der Waals surface area contributed by atoms with Gasteiger partial charge in [0.05, 0.1) is 27.9 Å². The van der Waals surface area contributed by atoms with Crippen molar-refractivity contribution >= 4 is 108 Å². The maximum atomic E-state index is 13.7. The third-order valence-corrected chi connectivity index (χ3v) is 27.0. The van der Waals surface area contributed by atoms with Crippen molar-refractivity contribution in [3.63, 3.8) is 0 Å². The van der Waals surface area contributed by atoms with E-state index in [2.05, 4.69) is 116 Å². The molecule has 0 spiro atoms. The Bertz CT molecular complexity index is 4880. The van der Waals surface area contributed by atoms with Crippen LogP contribution in [0.2, 0.25) is 0 Å². The fourth-order valence-corrected chi connectivity index (χ4v) is 16.9. The number of tetrazole rings is 1. The first-order valence-corrected chi connectivity index (χ1v) is 55.8. The number of likely N-dealkylation sites (N-methyl/N-ethyl adjacent to an activating group) is 3. The van der Waals surface area contributed by atoms with Gasteiger partial charge in [0.25, 0.3) is 17.7 Å². The maximum absolute atomic E-state index is 13.7. The van der Waals surface area contributed by atoms with E-state index in [1.807, 2.05) is 159 Å². The van der Waals surface area contributed by atoms with E-state index < -0.39 is 134 Å². The van der Waals surface area contributed by atoms with E-state index in [0.717, 1.165) is 12.3 Å². The summed E-state index contributed by atoms with van der Waals surface area (Å²) in [6.07, 6.45) is 7.51. The summed E-state index contributed by atoms with van der Waals surface area (Å²) in [7, 11) is -7.59. The summed E-state index contributed by atoms with van der Waals surface area (Å²) in [5, 5.41) is 71.3. The number of primary sulfonamides is 1. The van der Waals surface area contributed by atoms with E-state index in [0.29, 0.717) is 120 Å². The lowest BCUT2D eigenvalue weighted by Gasteiger charge is -2.29. The second-order valence-electron chi connectivity index (χ2n) is 40.5. The number of amides is 15. The molecule has 3 aromatic carbocycles. The lowest BCUT2D eigenvalue weighted by molar-refractivity contribution is -0.131. The lowest BCUT2D eigenvalue weighted by atomic mass is 9.97. The van der Waals surface area contributed by atoms with E-state index in [9.17, 15) is 88.8 Å². The molecule has 4 aromatic rings. The van der Waals surface area contributed by atoms with Crippen LogP contribution in [0.4, 0.5) is 0 Å². The summed E-state index contributed by atoms with van der Waals surface area (Å²) in [5.74, 6) is -6.14. The summed E-state index contributed by atoms with van der Waals surface area (Å²) in [6, 6.07) is 6.97. The normalized spacial score (nSPS) is 15.2. The molecule has 1 aromatic heterocycles. The molecule has 44 heteroatoms. The van der Waals surface area contributed by atoms with Crippen molar-refractivity contribution in [1.29, 1.82) is 0 Å². The van der Waals surface area contributed by atoms with Crippen LogP contribution in [-0.2, 0) is 77.4 Å². The first kappa shape index (κ1) is 133. The van der Waals surface area contributed by atoms with E-state index in [-0.39, 0.29) is 153 Å². The number of rotatable bonds is 63. The SMILES string of the molecule is CCC[C@H](NC(=O)[C@@H](NC(=O)c1ccc(-c2nn[nH]n2)cc1)[C@@H](C)CC)C(=O)N[C@H](CN[C@@H](C)C(=O)N[C@H](C(=O)NCC)C(C)C)CC(C)C.CCC[C@H](NC(=O)[C@@H](NC(=O)c1cccc(S(C)(=O)=O)c1)[C@@H](C)CC)C(=O)N[C@H](CN[C@@H](C)C(=O)N[C@H](C(=O)NCC)C(C)C)CC(C)C.CCC[C@H](NC(=O)[C@@H](NC(=O)c1cccc(S(N)(=O)=O)c1)[C@@H](C)CC)C(=O)N[C@H](CN[C@@H](C)C(=O)N[C@H](C(=O)NCC)C(C)C)CC(C)C. The van der Waals surface area contributed by atoms with Gasteiger partial charge in [0, 0.05) is 85.9 Å². The summed E-state index contributed by atoms with van der Waals surface area (Å²) >= 11 is 0. The van der Waals surface area contributed by atoms with Crippen LogP contribution in [-0.4, -0.2) is 262 Å². The maximum Gasteiger partial charge on any atom is 0.251 e. The predicted octanol–water partition coefficient (Wildman–Crippen LogP) is 5.94. The number of sulfone groups is 1. The van der Waals surface area contributed by atoms with Gasteiger partial charge in [0.2, 0.25) is 86.7 Å². The average molecular weight is 2120 g/mol. The molecule has 0 saturated carbocycles. The molecule has 0 aliphatic rings. The summed E-state index contributed by atoms with van der Waals surface area (Å²) < 4.78 is 47.6. The monoisotopic (exact) mass is 2120 g/mol. The smallest absolute Gasteiger partial charge is 0.251 e. The van der Waals surface area contributed by atoms with Crippen molar-refractivity contribution in [3.8, 4) is 11.4 Å². The first-order chi connectivity index (χ1) is 69.4. The molecule has 0 bridgehead atoms. The zero-order valence-electron chi connectivity index (χ0n) is 92.5.